The molecule has 3 atom stereocenters. The summed E-state index contributed by atoms with van der Waals surface area (Å²) in [5.74, 6) is -0.679. The van der Waals surface area contributed by atoms with E-state index in [1.54, 1.807) is 4.90 Å². The molecule has 0 bridgehead atoms. The first-order chi connectivity index (χ1) is 16.4. The summed E-state index contributed by atoms with van der Waals surface area (Å²) in [4.78, 5) is 30.2. The van der Waals surface area contributed by atoms with E-state index in [0.29, 0.717) is 25.7 Å². The number of hydrogen-bond acceptors (Lipinski definition) is 8. The molecule has 0 spiro atoms. The molecule has 35 heavy (non-hydrogen) atoms. The van der Waals surface area contributed by atoms with Crippen LogP contribution in [0.5, 0.6) is 0 Å². The van der Waals surface area contributed by atoms with Gasteiger partial charge in [0, 0.05) is 25.7 Å². The number of aliphatic hydroxyl groups excluding tert-OH is 2. The Bertz CT molecular complexity index is 630. The van der Waals surface area contributed by atoms with Crippen LogP contribution >= 0.6 is 0 Å². The molecule has 0 aromatic heterocycles. The van der Waals surface area contributed by atoms with E-state index in [-0.39, 0.29) is 24.8 Å². The van der Waals surface area contributed by atoms with Crippen LogP contribution in [0, 0.1) is 0 Å². The van der Waals surface area contributed by atoms with E-state index in [4.69, 9.17) is 14.9 Å². The minimum absolute atomic E-state index is 0.0151. The predicted octanol–water partition coefficient (Wildman–Crippen LogP) is 1.55. The van der Waals surface area contributed by atoms with Crippen molar-refractivity contribution in [2.75, 3.05) is 67.1 Å². The molecular weight excluding hydrogens is 452 g/mol. The van der Waals surface area contributed by atoms with Crippen molar-refractivity contribution >= 4 is 12.1 Å². The van der Waals surface area contributed by atoms with E-state index in [0.717, 1.165) is 38.9 Å². The highest BCUT2D eigenvalue weighted by Gasteiger charge is 2.29. The second kappa shape index (κ2) is 15.6. The Balaban J connectivity index is 0.000000278. The highest BCUT2D eigenvalue weighted by molar-refractivity contribution is 5.73. The Morgan fingerprint density at radius 3 is 1.77 bits per heavy atom. The monoisotopic (exact) mass is 502 g/mol. The number of ether oxygens (including phenoxy) is 1. The van der Waals surface area contributed by atoms with Crippen molar-refractivity contribution in [1.82, 2.24) is 19.6 Å². The fourth-order valence-electron chi connectivity index (χ4n) is 4.40. The number of carboxylic acid groups (broad SMARTS) is 1. The Labute approximate surface area is 211 Å². The summed E-state index contributed by atoms with van der Waals surface area (Å²) in [7, 11) is 5.91. The number of likely N-dealkylation sites (tertiary alicyclic amines) is 2. The number of rotatable bonds is 3. The summed E-state index contributed by atoms with van der Waals surface area (Å²) in [6.07, 6.45) is 6.47. The quantitative estimate of drug-likeness (QED) is 0.528. The summed E-state index contributed by atoms with van der Waals surface area (Å²) in [5.41, 5.74) is -0.463. The first-order valence-electron chi connectivity index (χ1n) is 12.9. The van der Waals surface area contributed by atoms with Crippen LogP contribution in [0.15, 0.2) is 0 Å². The van der Waals surface area contributed by atoms with Crippen molar-refractivity contribution in [3.63, 3.8) is 0 Å². The number of aliphatic carboxylic acids is 1. The van der Waals surface area contributed by atoms with Crippen LogP contribution < -0.4 is 0 Å². The second-order valence-electron chi connectivity index (χ2n) is 10.9. The lowest BCUT2D eigenvalue weighted by atomic mass is 10.0. The van der Waals surface area contributed by atoms with Gasteiger partial charge in [0.1, 0.15) is 11.6 Å². The molecule has 3 fully saturated rings. The highest BCUT2D eigenvalue weighted by atomic mass is 16.6. The third-order valence-corrected chi connectivity index (χ3v) is 6.83. The van der Waals surface area contributed by atoms with Crippen molar-refractivity contribution in [2.45, 2.75) is 83.0 Å². The van der Waals surface area contributed by atoms with E-state index < -0.39 is 11.6 Å². The number of carbonyl (C=O) groups excluding carboxylic acids is 1. The highest BCUT2D eigenvalue weighted by Crippen LogP contribution is 2.15. The van der Waals surface area contributed by atoms with Gasteiger partial charge in [-0.2, -0.15) is 0 Å². The minimum atomic E-state index is -0.679. The minimum Gasteiger partial charge on any atom is -0.480 e. The van der Waals surface area contributed by atoms with Gasteiger partial charge >= 0.3 is 12.1 Å². The number of aliphatic hydroxyl groups is 2. The van der Waals surface area contributed by atoms with E-state index in [1.807, 2.05) is 39.8 Å². The van der Waals surface area contributed by atoms with Gasteiger partial charge in [-0.1, -0.05) is 12.8 Å². The first kappa shape index (κ1) is 31.6. The second-order valence-corrected chi connectivity index (χ2v) is 10.9. The van der Waals surface area contributed by atoms with Crippen molar-refractivity contribution in [1.29, 1.82) is 0 Å². The Hall–Kier alpha value is -1.46. The number of hydrogen-bond donors (Lipinski definition) is 3. The van der Waals surface area contributed by atoms with Crippen LogP contribution in [-0.4, -0.2) is 138 Å². The van der Waals surface area contributed by atoms with Gasteiger partial charge in [-0.05, 0) is 80.7 Å². The molecule has 10 heteroatoms. The zero-order chi connectivity index (χ0) is 26.6. The Morgan fingerprint density at radius 1 is 0.800 bits per heavy atom. The summed E-state index contributed by atoms with van der Waals surface area (Å²) >= 11 is 0. The van der Waals surface area contributed by atoms with E-state index in [1.165, 1.54) is 19.3 Å². The fraction of sp³-hybridized carbons (Fsp3) is 0.920. The van der Waals surface area contributed by atoms with Crippen LogP contribution in [0.1, 0.15) is 59.3 Å². The maximum absolute atomic E-state index is 11.8. The lowest BCUT2D eigenvalue weighted by Gasteiger charge is -2.38. The van der Waals surface area contributed by atoms with Gasteiger partial charge in [0.25, 0.3) is 0 Å². The van der Waals surface area contributed by atoms with E-state index in [2.05, 4.69) is 16.8 Å². The molecule has 3 rings (SSSR count). The first-order valence-corrected chi connectivity index (χ1v) is 12.9. The largest absolute Gasteiger partial charge is 0.480 e. The lowest BCUT2D eigenvalue weighted by molar-refractivity contribution is -0.143. The smallest absolute Gasteiger partial charge is 0.410 e. The Kier molecular flexibility index (Phi) is 14.1. The molecule has 0 unspecified atom stereocenters. The van der Waals surface area contributed by atoms with E-state index >= 15 is 0 Å². The molecule has 3 N–H and O–H groups in total. The standard InChI is InChI=1S/C11H22N2O3.C7H13NO2.C7H15NO/c1-11(2,3)16-10(15)13-6-5-12(4)9(7-13)8-14;1-8-5-3-2-4-6(8)7(9)10;1-8-5-3-2-4-7(8)6-9/h9,14H,5-8H2,1-4H3;6H,2-5H2,1H3,(H,9,10);7,9H,2-6H2,1H3/t9-;6-;7-/m000/s1. The topological polar surface area (TPSA) is 117 Å². The molecule has 206 valence electrons. The number of carbonyl (C=O) groups is 2. The average molecular weight is 503 g/mol. The molecule has 0 radical (unpaired) electrons. The number of piperazine rings is 1. The number of nitrogens with zero attached hydrogens (tertiary/aromatic N) is 4. The summed E-state index contributed by atoms with van der Waals surface area (Å²) in [6.45, 7) is 9.99. The van der Waals surface area contributed by atoms with Gasteiger partial charge in [-0.15, -0.1) is 0 Å². The zero-order valence-electron chi connectivity index (χ0n) is 22.8. The molecule has 0 aliphatic carbocycles. The van der Waals surface area contributed by atoms with Gasteiger partial charge in [0.05, 0.1) is 19.3 Å². The van der Waals surface area contributed by atoms with E-state index in [9.17, 15) is 14.7 Å². The normalized spacial score (nSPS) is 26.6. The number of likely N-dealkylation sites (N-methyl/N-ethyl adjacent to an activating group) is 3. The molecule has 3 saturated heterocycles. The predicted molar refractivity (Wildman–Crippen MR) is 137 cm³/mol. The van der Waals surface area contributed by atoms with Crippen LogP contribution in [0.4, 0.5) is 4.79 Å². The number of piperidine rings is 2. The molecule has 1 amide bonds. The molecule has 0 saturated carbocycles. The van der Waals surface area contributed by atoms with Gasteiger partial charge < -0.3 is 29.9 Å². The lowest BCUT2D eigenvalue weighted by Crippen LogP contribution is -2.55. The molecule has 3 aliphatic rings. The third-order valence-electron chi connectivity index (χ3n) is 6.83. The molecule has 3 heterocycles. The molecule has 0 aromatic carbocycles. The van der Waals surface area contributed by atoms with Crippen molar-refractivity contribution in [3.05, 3.63) is 0 Å². The zero-order valence-corrected chi connectivity index (χ0v) is 22.8. The Morgan fingerprint density at radius 2 is 1.34 bits per heavy atom. The number of carboxylic acids is 1. The molecular formula is C25H50N4O6. The van der Waals surface area contributed by atoms with Gasteiger partial charge in [0.15, 0.2) is 0 Å². The van der Waals surface area contributed by atoms with Crippen molar-refractivity contribution < 1.29 is 29.6 Å². The summed E-state index contributed by atoms with van der Waals surface area (Å²) in [5, 5.41) is 26.7. The third kappa shape index (κ3) is 11.9. The maximum Gasteiger partial charge on any atom is 0.410 e. The average Bonchev–Trinajstić information content (AvgIpc) is 2.79. The van der Waals surface area contributed by atoms with Crippen LogP contribution in [-0.2, 0) is 9.53 Å². The molecule has 0 aromatic rings. The summed E-state index contributed by atoms with van der Waals surface area (Å²) in [6, 6.07) is 0.230. The van der Waals surface area contributed by atoms with Crippen LogP contribution in [0.3, 0.4) is 0 Å². The van der Waals surface area contributed by atoms with Gasteiger partial charge in [-0.3, -0.25) is 14.6 Å². The maximum atomic E-state index is 11.8. The van der Waals surface area contributed by atoms with Crippen molar-refractivity contribution in [2.24, 2.45) is 0 Å². The molecule has 3 aliphatic heterocycles. The van der Waals surface area contributed by atoms with Crippen molar-refractivity contribution in [3.8, 4) is 0 Å². The number of amides is 1. The van der Waals surface area contributed by atoms with Gasteiger partial charge in [-0.25, -0.2) is 4.79 Å². The molecule has 10 nitrogen and oxygen atoms in total. The summed E-state index contributed by atoms with van der Waals surface area (Å²) < 4.78 is 5.29. The SMILES string of the molecule is CN1CCCC[C@H]1C(=O)O.CN1CCCC[C@H]1CO.CN1CCN(C(=O)OC(C)(C)C)C[C@H]1CO. The fourth-order valence-corrected chi connectivity index (χ4v) is 4.40. The van der Waals surface area contributed by atoms with Crippen LogP contribution in [0.2, 0.25) is 0 Å². The van der Waals surface area contributed by atoms with Gasteiger partial charge in [0.2, 0.25) is 0 Å². The van der Waals surface area contributed by atoms with Crippen LogP contribution in [0.25, 0.3) is 0 Å².